The summed E-state index contributed by atoms with van der Waals surface area (Å²) in [6, 6.07) is -0.219. The highest BCUT2D eigenvalue weighted by Crippen LogP contribution is 2.06. The van der Waals surface area contributed by atoms with E-state index < -0.39 is 0 Å². The highest BCUT2D eigenvalue weighted by molar-refractivity contribution is 5.75. The maximum atomic E-state index is 11.5. The molecule has 0 heterocycles. The Kier molecular flexibility index (Phi) is 9.98. The van der Waals surface area contributed by atoms with E-state index in [1.807, 2.05) is 0 Å². The van der Waals surface area contributed by atoms with Gasteiger partial charge in [0.05, 0.1) is 13.7 Å². The first-order valence-corrected chi connectivity index (χ1v) is 6.86. The predicted molar refractivity (Wildman–Crippen MR) is 73.5 cm³/mol. The van der Waals surface area contributed by atoms with E-state index in [4.69, 9.17) is 9.47 Å². The van der Waals surface area contributed by atoms with E-state index in [2.05, 4.69) is 33.0 Å². The quantitative estimate of drug-likeness (QED) is 0.483. The Morgan fingerprint density at radius 1 is 1.11 bits per heavy atom. The van der Waals surface area contributed by atoms with E-state index in [1.54, 1.807) is 0 Å². The van der Waals surface area contributed by atoms with E-state index in [0.717, 1.165) is 19.4 Å². The molecule has 0 rings (SSSR count). The molecule has 0 saturated heterocycles. The molecule has 4 heteroatoms. The molecule has 1 unspecified atom stereocenters. The van der Waals surface area contributed by atoms with Gasteiger partial charge in [0.1, 0.15) is 6.04 Å². The zero-order valence-corrected chi connectivity index (χ0v) is 12.5. The Morgan fingerprint density at radius 3 is 2.28 bits per heavy atom. The van der Waals surface area contributed by atoms with Crippen molar-refractivity contribution < 1.29 is 14.3 Å². The fraction of sp³-hybridized carbons (Fsp3) is 0.929. The highest BCUT2D eigenvalue weighted by atomic mass is 16.5. The highest BCUT2D eigenvalue weighted by Gasteiger charge is 2.19. The van der Waals surface area contributed by atoms with Crippen molar-refractivity contribution in [3.8, 4) is 0 Å². The molecule has 1 N–H and O–H groups in total. The largest absolute Gasteiger partial charge is 0.468 e. The molecular weight excluding hydrogens is 230 g/mol. The third kappa shape index (κ3) is 9.42. The molecule has 0 fully saturated rings. The predicted octanol–water partition coefficient (Wildman–Crippen LogP) is 2.23. The lowest BCUT2D eigenvalue weighted by Gasteiger charge is -2.18. The molecule has 1 atom stereocenters. The van der Waals surface area contributed by atoms with Crippen LogP contribution in [0.3, 0.4) is 0 Å². The van der Waals surface area contributed by atoms with Crippen LogP contribution in [-0.4, -0.2) is 38.9 Å². The van der Waals surface area contributed by atoms with Crippen molar-refractivity contribution in [2.24, 2.45) is 11.8 Å². The van der Waals surface area contributed by atoms with Gasteiger partial charge in [-0.3, -0.25) is 4.79 Å². The number of ether oxygens (including phenoxy) is 2. The minimum atomic E-state index is -0.219. The number of nitrogens with one attached hydrogen (secondary N) is 1. The Balaban J connectivity index is 3.73. The zero-order valence-electron chi connectivity index (χ0n) is 12.5. The maximum absolute atomic E-state index is 11.5. The van der Waals surface area contributed by atoms with Crippen LogP contribution in [0.1, 0.15) is 40.5 Å². The Hall–Kier alpha value is -0.610. The molecule has 0 aromatic heterocycles. The molecule has 0 aromatic rings. The van der Waals surface area contributed by atoms with Crippen LogP contribution in [0.5, 0.6) is 0 Å². The Labute approximate surface area is 111 Å². The van der Waals surface area contributed by atoms with E-state index in [1.165, 1.54) is 7.11 Å². The summed E-state index contributed by atoms with van der Waals surface area (Å²) in [7, 11) is 1.43. The van der Waals surface area contributed by atoms with Gasteiger partial charge in [0.15, 0.2) is 0 Å². The number of carbonyl (C=O) groups excluding carboxylic acids is 1. The van der Waals surface area contributed by atoms with Gasteiger partial charge in [0, 0.05) is 13.2 Å². The van der Waals surface area contributed by atoms with Crippen molar-refractivity contribution in [2.75, 3.05) is 26.9 Å². The Morgan fingerprint density at radius 2 is 1.78 bits per heavy atom. The average molecular weight is 259 g/mol. The molecule has 0 amide bonds. The minimum absolute atomic E-state index is 0.189. The van der Waals surface area contributed by atoms with Crippen LogP contribution in [0, 0.1) is 11.8 Å². The number of hydrogen-bond acceptors (Lipinski definition) is 4. The summed E-state index contributed by atoms with van der Waals surface area (Å²) in [5.41, 5.74) is 0. The molecule has 0 aliphatic carbocycles. The summed E-state index contributed by atoms with van der Waals surface area (Å²) in [5.74, 6) is 0.941. The fourth-order valence-electron chi connectivity index (χ4n) is 1.60. The summed E-state index contributed by atoms with van der Waals surface area (Å²) >= 11 is 0. The van der Waals surface area contributed by atoms with Crippen molar-refractivity contribution in [3.05, 3.63) is 0 Å². The number of rotatable bonds is 10. The standard InChI is InChI=1S/C14H29NO3/c1-11(2)6-8-18-9-7-15-13(10-12(3)4)14(16)17-5/h11-13,15H,6-10H2,1-5H3. The van der Waals surface area contributed by atoms with Crippen molar-refractivity contribution in [2.45, 2.75) is 46.6 Å². The van der Waals surface area contributed by atoms with Gasteiger partial charge in [-0.15, -0.1) is 0 Å². The van der Waals surface area contributed by atoms with Crippen LogP contribution in [0.4, 0.5) is 0 Å². The monoisotopic (exact) mass is 259 g/mol. The maximum Gasteiger partial charge on any atom is 0.322 e. The molecule has 0 radical (unpaired) electrons. The van der Waals surface area contributed by atoms with Crippen LogP contribution in [0.2, 0.25) is 0 Å². The summed E-state index contributed by atoms with van der Waals surface area (Å²) in [6.07, 6.45) is 1.87. The molecule has 18 heavy (non-hydrogen) atoms. The normalized spacial score (nSPS) is 13.1. The SMILES string of the molecule is COC(=O)C(CC(C)C)NCCOCCC(C)C. The first-order chi connectivity index (χ1) is 8.47. The molecule has 0 bridgehead atoms. The van der Waals surface area contributed by atoms with Crippen molar-refractivity contribution in [3.63, 3.8) is 0 Å². The molecule has 0 aromatic carbocycles. The van der Waals surface area contributed by atoms with Gasteiger partial charge in [0.25, 0.3) is 0 Å². The third-order valence-corrected chi connectivity index (χ3v) is 2.67. The van der Waals surface area contributed by atoms with Crippen molar-refractivity contribution in [1.29, 1.82) is 0 Å². The van der Waals surface area contributed by atoms with E-state index >= 15 is 0 Å². The summed E-state index contributed by atoms with van der Waals surface area (Å²) in [6.45, 7) is 10.7. The zero-order chi connectivity index (χ0) is 14.0. The summed E-state index contributed by atoms with van der Waals surface area (Å²) in [4.78, 5) is 11.5. The van der Waals surface area contributed by atoms with Gasteiger partial charge < -0.3 is 14.8 Å². The van der Waals surface area contributed by atoms with Gasteiger partial charge in [-0.25, -0.2) is 0 Å². The van der Waals surface area contributed by atoms with Gasteiger partial charge in [-0.2, -0.15) is 0 Å². The van der Waals surface area contributed by atoms with E-state index in [0.29, 0.717) is 25.0 Å². The third-order valence-electron chi connectivity index (χ3n) is 2.67. The summed E-state index contributed by atoms with van der Waals surface area (Å²) in [5, 5.41) is 3.19. The van der Waals surface area contributed by atoms with Crippen molar-refractivity contribution in [1.82, 2.24) is 5.32 Å². The first kappa shape index (κ1) is 17.4. The molecule has 0 aliphatic rings. The lowest BCUT2D eigenvalue weighted by Crippen LogP contribution is -2.40. The van der Waals surface area contributed by atoms with Crippen molar-refractivity contribution >= 4 is 5.97 Å². The molecule has 0 spiro atoms. The first-order valence-electron chi connectivity index (χ1n) is 6.86. The molecule has 108 valence electrons. The number of hydrogen-bond donors (Lipinski definition) is 1. The number of methoxy groups -OCH3 is 1. The van der Waals surface area contributed by atoms with Gasteiger partial charge >= 0.3 is 5.97 Å². The number of carbonyl (C=O) groups is 1. The van der Waals surface area contributed by atoms with Crippen LogP contribution in [0.25, 0.3) is 0 Å². The average Bonchev–Trinajstić information content (AvgIpc) is 2.30. The minimum Gasteiger partial charge on any atom is -0.468 e. The smallest absolute Gasteiger partial charge is 0.322 e. The second-order valence-corrected chi connectivity index (χ2v) is 5.45. The second-order valence-electron chi connectivity index (χ2n) is 5.45. The lowest BCUT2D eigenvalue weighted by molar-refractivity contribution is -0.143. The topological polar surface area (TPSA) is 47.6 Å². The van der Waals surface area contributed by atoms with Crippen LogP contribution in [0.15, 0.2) is 0 Å². The second kappa shape index (κ2) is 10.3. The lowest BCUT2D eigenvalue weighted by atomic mass is 10.0. The van der Waals surface area contributed by atoms with E-state index in [-0.39, 0.29) is 12.0 Å². The fourth-order valence-corrected chi connectivity index (χ4v) is 1.60. The molecular formula is C14H29NO3. The summed E-state index contributed by atoms with van der Waals surface area (Å²) < 4.78 is 10.3. The molecule has 0 aliphatic heterocycles. The van der Waals surface area contributed by atoms with Gasteiger partial charge in [0.2, 0.25) is 0 Å². The number of esters is 1. The molecule has 0 saturated carbocycles. The van der Waals surface area contributed by atoms with Crippen LogP contribution < -0.4 is 5.32 Å². The Bertz CT molecular complexity index is 217. The van der Waals surface area contributed by atoms with Gasteiger partial charge in [-0.1, -0.05) is 27.7 Å². The van der Waals surface area contributed by atoms with Crippen LogP contribution in [-0.2, 0) is 14.3 Å². The molecule has 4 nitrogen and oxygen atoms in total. The van der Waals surface area contributed by atoms with Gasteiger partial charge in [-0.05, 0) is 24.7 Å². The van der Waals surface area contributed by atoms with E-state index in [9.17, 15) is 4.79 Å². The van der Waals surface area contributed by atoms with Crippen LogP contribution >= 0.6 is 0 Å².